The lowest BCUT2D eigenvalue weighted by Gasteiger charge is -2.37. The Labute approximate surface area is 222 Å². The van der Waals surface area contributed by atoms with Crippen LogP contribution in [0.4, 0.5) is 5.82 Å². The first-order valence-corrected chi connectivity index (χ1v) is 13.5. The van der Waals surface area contributed by atoms with E-state index in [-0.39, 0.29) is 23.8 Å². The number of carbonyl (C=O) groups excluding carboxylic acids is 2. The third kappa shape index (κ3) is 5.55. The Morgan fingerprint density at radius 3 is 2.57 bits per heavy atom. The summed E-state index contributed by atoms with van der Waals surface area (Å²) in [5.41, 5.74) is 10.5. The molecule has 0 aliphatic carbocycles. The van der Waals surface area contributed by atoms with Gasteiger partial charge < -0.3 is 25.4 Å². The highest BCUT2D eigenvalue weighted by atomic mass is 32.1. The van der Waals surface area contributed by atoms with E-state index in [1.165, 1.54) is 11.9 Å². The van der Waals surface area contributed by atoms with Crippen molar-refractivity contribution in [1.82, 2.24) is 24.7 Å². The van der Waals surface area contributed by atoms with Crippen LogP contribution in [-0.4, -0.2) is 89.6 Å². The molecule has 3 N–H and O–H groups in total. The van der Waals surface area contributed by atoms with Crippen LogP contribution in [0.2, 0.25) is 0 Å². The van der Waals surface area contributed by atoms with Crippen molar-refractivity contribution in [3.8, 4) is 11.3 Å². The van der Waals surface area contributed by atoms with Crippen molar-refractivity contribution in [1.29, 1.82) is 0 Å². The van der Waals surface area contributed by atoms with Gasteiger partial charge in [-0.15, -0.1) is 11.3 Å². The van der Waals surface area contributed by atoms with Gasteiger partial charge in [0.1, 0.15) is 0 Å². The summed E-state index contributed by atoms with van der Waals surface area (Å²) in [6.45, 7) is 8.08. The van der Waals surface area contributed by atoms with Gasteiger partial charge in [0.2, 0.25) is 5.91 Å². The minimum Gasteiger partial charge on any atom is -0.390 e. The average molecular weight is 524 g/mol. The van der Waals surface area contributed by atoms with Crippen molar-refractivity contribution in [2.45, 2.75) is 45.6 Å². The molecule has 0 unspecified atom stereocenters. The van der Waals surface area contributed by atoms with Crippen molar-refractivity contribution >= 4 is 45.5 Å². The van der Waals surface area contributed by atoms with Gasteiger partial charge in [0.05, 0.1) is 33.7 Å². The van der Waals surface area contributed by atoms with E-state index in [9.17, 15) is 9.59 Å². The molecule has 1 saturated heterocycles. The molecular formula is C27H37N7O2S. The smallest absolute Gasteiger partial charge is 0.264 e. The molecule has 2 amide bonds. The maximum atomic E-state index is 13.5. The summed E-state index contributed by atoms with van der Waals surface area (Å²) in [5, 5.41) is 0. The zero-order valence-electron chi connectivity index (χ0n) is 22.5. The van der Waals surface area contributed by atoms with Gasteiger partial charge in [0.25, 0.3) is 5.91 Å². The third-order valence-electron chi connectivity index (χ3n) is 6.97. The number of aromatic nitrogens is 2. The van der Waals surface area contributed by atoms with Gasteiger partial charge >= 0.3 is 0 Å². The van der Waals surface area contributed by atoms with E-state index in [0.29, 0.717) is 25.5 Å². The monoisotopic (exact) mass is 523 g/mol. The van der Waals surface area contributed by atoms with Gasteiger partial charge in [0, 0.05) is 37.9 Å². The normalized spacial score (nSPS) is 15.0. The van der Waals surface area contributed by atoms with E-state index in [0.717, 1.165) is 44.8 Å². The molecule has 198 valence electrons. The number of likely N-dealkylation sites (N-methyl/N-ethyl adjacent to an activating group) is 1. The number of hydrogen-bond donors (Lipinski definition) is 2. The fraction of sp³-hybridized carbons (Fsp3) is 0.481. The standard InChI is InChI=1S/C27H37N7O2S/c1-16(2)23-24(18-11-17(3)26(29-13-18)30-15-28)31-20-12-21(37-25(20)23)27(36)33(6)19-7-9-34(10-8-19)22(35)14-32(4)5/h11-13,15-16,19,31H,7-10,14H2,1-6H3,(H2,28,29,30). The fourth-order valence-corrected chi connectivity index (χ4v) is 6.30. The van der Waals surface area contributed by atoms with E-state index in [1.54, 1.807) is 11.3 Å². The van der Waals surface area contributed by atoms with Gasteiger partial charge in [-0.25, -0.2) is 9.98 Å². The predicted molar refractivity (Wildman–Crippen MR) is 151 cm³/mol. The molecule has 0 spiro atoms. The zero-order valence-corrected chi connectivity index (χ0v) is 23.4. The highest BCUT2D eigenvalue weighted by Gasteiger charge is 2.29. The number of H-pyrrole nitrogens is 1. The van der Waals surface area contributed by atoms with Crippen LogP contribution in [0.1, 0.15) is 53.4 Å². The molecule has 10 heteroatoms. The summed E-state index contributed by atoms with van der Waals surface area (Å²) in [7, 11) is 5.69. The summed E-state index contributed by atoms with van der Waals surface area (Å²) in [6.07, 6.45) is 4.65. The molecule has 37 heavy (non-hydrogen) atoms. The second-order valence-corrected chi connectivity index (χ2v) is 11.4. The Bertz CT molecular complexity index is 1320. The molecular weight excluding hydrogens is 486 g/mol. The minimum absolute atomic E-state index is 0.0328. The molecule has 1 aliphatic heterocycles. The van der Waals surface area contributed by atoms with E-state index in [4.69, 9.17) is 5.73 Å². The summed E-state index contributed by atoms with van der Waals surface area (Å²) in [6, 6.07) is 4.16. The molecule has 0 aromatic carbocycles. The number of fused-ring (bicyclic) bond motifs is 1. The quantitative estimate of drug-likeness (QED) is 0.360. The first-order chi connectivity index (χ1) is 17.6. The Morgan fingerprint density at radius 1 is 1.27 bits per heavy atom. The summed E-state index contributed by atoms with van der Waals surface area (Å²) in [5.74, 6) is 1.04. The number of aromatic amines is 1. The van der Waals surface area contributed by atoms with E-state index >= 15 is 0 Å². The van der Waals surface area contributed by atoms with Crippen molar-refractivity contribution in [3.63, 3.8) is 0 Å². The molecule has 3 aromatic heterocycles. The van der Waals surface area contributed by atoms with E-state index in [1.807, 2.05) is 55.0 Å². The maximum absolute atomic E-state index is 13.5. The fourth-order valence-electron chi connectivity index (χ4n) is 5.01. The van der Waals surface area contributed by atoms with Crippen LogP contribution in [0.3, 0.4) is 0 Å². The lowest BCUT2D eigenvalue weighted by Crippen LogP contribution is -2.48. The number of likely N-dealkylation sites (tertiary alicyclic amines) is 1. The number of hydrogen-bond acceptors (Lipinski definition) is 6. The number of nitrogens with zero attached hydrogens (tertiary/aromatic N) is 5. The SMILES string of the molecule is Cc1cc(-c2[nH]c3cc(C(=O)N(C)C4CCN(C(=O)CN(C)C)CC4)sc3c2C(C)C)cnc1N=CN. The lowest BCUT2D eigenvalue weighted by molar-refractivity contribution is -0.133. The average Bonchev–Trinajstić information content (AvgIpc) is 3.42. The summed E-state index contributed by atoms with van der Waals surface area (Å²) in [4.78, 5) is 44.4. The van der Waals surface area contributed by atoms with Crippen LogP contribution in [0, 0.1) is 6.92 Å². The number of thiophene rings is 1. The van der Waals surface area contributed by atoms with Crippen LogP contribution >= 0.6 is 11.3 Å². The Hall–Kier alpha value is -3.24. The van der Waals surface area contributed by atoms with Gasteiger partial charge in [-0.05, 0) is 63.0 Å². The number of carbonyl (C=O) groups is 2. The van der Waals surface area contributed by atoms with Crippen LogP contribution in [0.5, 0.6) is 0 Å². The van der Waals surface area contributed by atoms with Crippen molar-refractivity contribution in [3.05, 3.63) is 34.3 Å². The van der Waals surface area contributed by atoms with Gasteiger partial charge in [0.15, 0.2) is 5.82 Å². The van der Waals surface area contributed by atoms with Crippen LogP contribution in [0.25, 0.3) is 21.5 Å². The van der Waals surface area contributed by atoms with Crippen molar-refractivity contribution in [2.75, 3.05) is 40.8 Å². The molecule has 4 heterocycles. The van der Waals surface area contributed by atoms with Crippen LogP contribution in [0.15, 0.2) is 23.3 Å². The van der Waals surface area contributed by atoms with Crippen molar-refractivity contribution < 1.29 is 9.59 Å². The van der Waals surface area contributed by atoms with Crippen LogP contribution in [-0.2, 0) is 4.79 Å². The number of pyridine rings is 1. The number of piperidine rings is 1. The number of aliphatic imine (C=N–C) groups is 1. The molecule has 0 bridgehead atoms. The number of nitrogens with one attached hydrogen (secondary N) is 1. The molecule has 0 saturated carbocycles. The molecule has 3 aromatic rings. The van der Waals surface area contributed by atoms with Gasteiger partial charge in [-0.3, -0.25) is 9.59 Å². The second kappa shape index (κ2) is 11.0. The molecule has 1 aliphatic rings. The number of rotatable bonds is 7. The Kier molecular flexibility index (Phi) is 7.99. The molecule has 9 nitrogen and oxygen atoms in total. The van der Waals surface area contributed by atoms with Crippen LogP contribution < -0.4 is 5.73 Å². The highest BCUT2D eigenvalue weighted by Crippen LogP contribution is 2.40. The van der Waals surface area contributed by atoms with Gasteiger partial charge in [-0.2, -0.15) is 0 Å². The zero-order chi connectivity index (χ0) is 26.9. The topological polar surface area (TPSA) is 111 Å². The second-order valence-electron chi connectivity index (χ2n) is 10.3. The largest absolute Gasteiger partial charge is 0.390 e. The van der Waals surface area contributed by atoms with Crippen molar-refractivity contribution in [2.24, 2.45) is 10.7 Å². The number of nitrogens with two attached hydrogens (primary N) is 1. The molecule has 1 fully saturated rings. The van der Waals surface area contributed by atoms with E-state index < -0.39 is 0 Å². The van der Waals surface area contributed by atoms with E-state index in [2.05, 4.69) is 34.9 Å². The highest BCUT2D eigenvalue weighted by molar-refractivity contribution is 7.21. The van der Waals surface area contributed by atoms with Gasteiger partial charge in [-0.1, -0.05) is 13.8 Å². The number of aryl methyl sites for hydroxylation is 1. The Balaban J connectivity index is 1.54. The number of amides is 2. The summed E-state index contributed by atoms with van der Waals surface area (Å²) >= 11 is 1.54. The first kappa shape index (κ1) is 26.8. The summed E-state index contributed by atoms with van der Waals surface area (Å²) < 4.78 is 1.10. The molecule has 0 radical (unpaired) electrons. The first-order valence-electron chi connectivity index (χ1n) is 12.7. The predicted octanol–water partition coefficient (Wildman–Crippen LogP) is 3.97. The Morgan fingerprint density at radius 2 is 1.97 bits per heavy atom. The third-order valence-corrected chi connectivity index (χ3v) is 8.12. The molecule has 0 atom stereocenters. The minimum atomic E-state index is 0.0328. The maximum Gasteiger partial charge on any atom is 0.264 e. The lowest BCUT2D eigenvalue weighted by atomic mass is 9.99. The molecule has 4 rings (SSSR count).